The van der Waals surface area contributed by atoms with Crippen LogP contribution >= 0.6 is 19.4 Å². The van der Waals surface area contributed by atoms with Gasteiger partial charge in [0, 0.05) is 23.9 Å². The number of aryl methyl sites for hydroxylation is 1. The minimum Gasteiger partial charge on any atom is -0.504 e. The van der Waals surface area contributed by atoms with Crippen LogP contribution in [0.5, 0.6) is 11.5 Å². The van der Waals surface area contributed by atoms with Crippen LogP contribution in [0.4, 0.5) is 5.82 Å². The number of carbonyl (C=O) groups is 1. The van der Waals surface area contributed by atoms with Gasteiger partial charge >= 0.3 is 7.82 Å². The highest BCUT2D eigenvalue weighted by molar-refractivity contribution is 7.46. The van der Waals surface area contributed by atoms with Crippen LogP contribution in [-0.4, -0.2) is 61.0 Å². The van der Waals surface area contributed by atoms with Crippen molar-refractivity contribution in [2.24, 2.45) is 0 Å². The maximum Gasteiger partial charge on any atom is 0.524 e. The number of rotatable bonds is 14. The Labute approximate surface area is 241 Å². The van der Waals surface area contributed by atoms with Crippen LogP contribution in [0.2, 0.25) is 0 Å². The van der Waals surface area contributed by atoms with E-state index in [-0.39, 0.29) is 35.6 Å². The van der Waals surface area contributed by atoms with Gasteiger partial charge in [0.2, 0.25) is 5.91 Å². The summed E-state index contributed by atoms with van der Waals surface area (Å²) in [5.41, 5.74) is 9.69. The van der Waals surface area contributed by atoms with Crippen molar-refractivity contribution < 1.29 is 33.5 Å². The van der Waals surface area contributed by atoms with E-state index in [0.29, 0.717) is 49.2 Å². The number of imidazole rings is 1. The lowest BCUT2D eigenvalue weighted by molar-refractivity contribution is -0.118. The minimum absolute atomic E-state index is 0.0902. The summed E-state index contributed by atoms with van der Waals surface area (Å²) in [5, 5.41) is 14.3. The van der Waals surface area contributed by atoms with Crippen molar-refractivity contribution >= 4 is 53.1 Å². The number of amides is 1. The van der Waals surface area contributed by atoms with Crippen molar-refractivity contribution in [1.29, 1.82) is 0 Å². The van der Waals surface area contributed by atoms with E-state index in [1.807, 2.05) is 22.8 Å². The number of nitrogen functional groups attached to an aromatic ring is 1. The van der Waals surface area contributed by atoms with Crippen molar-refractivity contribution in [2.45, 2.75) is 39.2 Å². The number of anilines is 1. The second-order valence-corrected chi connectivity index (χ2v) is 10.9. The fourth-order valence-electron chi connectivity index (χ4n) is 4.52. The number of benzene rings is 2. The molecule has 4 aromatic rings. The van der Waals surface area contributed by atoms with Crippen LogP contribution in [0.3, 0.4) is 0 Å². The van der Waals surface area contributed by atoms with Crippen LogP contribution in [0.15, 0.2) is 36.4 Å². The summed E-state index contributed by atoms with van der Waals surface area (Å²) in [6, 6.07) is 10.3. The molecular formula is C27H33ClN5O7P. The van der Waals surface area contributed by atoms with Crippen LogP contribution in [-0.2, 0) is 33.5 Å². The summed E-state index contributed by atoms with van der Waals surface area (Å²) in [4.78, 5) is 39.1. The molecule has 2 aromatic carbocycles. The van der Waals surface area contributed by atoms with Crippen LogP contribution < -0.4 is 15.6 Å². The maximum atomic E-state index is 11.4. The molecule has 6 N–H and O–H groups in total. The largest absolute Gasteiger partial charge is 0.524 e. The monoisotopic (exact) mass is 605 g/mol. The third kappa shape index (κ3) is 7.66. The molecule has 0 fully saturated rings. The van der Waals surface area contributed by atoms with Crippen molar-refractivity contribution in [2.75, 3.05) is 31.4 Å². The average Bonchev–Trinajstić information content (AvgIpc) is 3.29. The molecule has 2 heterocycles. The highest BCUT2D eigenvalue weighted by Gasteiger charge is 2.22. The average molecular weight is 606 g/mol. The van der Waals surface area contributed by atoms with Gasteiger partial charge in [-0.2, -0.15) is 0 Å². The number of para-hydroxylation sites is 1. The molecule has 0 unspecified atom stereocenters. The number of phosphoric ester groups is 1. The molecule has 0 radical (unpaired) electrons. The molecule has 0 aliphatic heterocycles. The Morgan fingerprint density at radius 3 is 2.71 bits per heavy atom. The number of alkyl halides is 1. The number of fused-ring (bicyclic) bond motifs is 3. The summed E-state index contributed by atoms with van der Waals surface area (Å²) < 4.78 is 23.7. The number of carbonyl (C=O) groups excluding carboxylic acids is 1. The van der Waals surface area contributed by atoms with Crippen molar-refractivity contribution in [1.82, 2.24) is 19.9 Å². The number of phenolic OH excluding ortho intramolecular Hbond substituents is 1. The summed E-state index contributed by atoms with van der Waals surface area (Å²) in [6.07, 6.45) is 3.08. The van der Waals surface area contributed by atoms with Crippen molar-refractivity contribution in [3.63, 3.8) is 0 Å². The Morgan fingerprint density at radius 2 is 1.98 bits per heavy atom. The van der Waals surface area contributed by atoms with Gasteiger partial charge in [-0.05, 0) is 36.6 Å². The molecule has 41 heavy (non-hydrogen) atoms. The Hall–Kier alpha value is -3.41. The molecule has 0 saturated heterocycles. The third-order valence-electron chi connectivity index (χ3n) is 6.45. The second kappa shape index (κ2) is 13.5. The van der Waals surface area contributed by atoms with Gasteiger partial charge in [-0.1, -0.05) is 31.5 Å². The predicted molar refractivity (Wildman–Crippen MR) is 156 cm³/mol. The molecule has 220 valence electrons. The number of nitrogens with one attached hydrogen (secondary N) is 1. The number of hydrogen-bond acceptors (Lipinski definition) is 8. The number of pyridine rings is 1. The summed E-state index contributed by atoms with van der Waals surface area (Å²) in [7, 11) is -4.87. The Bertz CT molecular complexity index is 1590. The van der Waals surface area contributed by atoms with E-state index in [1.165, 1.54) is 6.07 Å². The first-order valence-corrected chi connectivity index (χ1v) is 15.2. The molecule has 0 spiro atoms. The maximum absolute atomic E-state index is 11.4. The van der Waals surface area contributed by atoms with Gasteiger partial charge < -0.3 is 30.0 Å². The number of halogens is 1. The van der Waals surface area contributed by atoms with E-state index in [1.54, 1.807) is 12.1 Å². The normalized spacial score (nSPS) is 11.8. The van der Waals surface area contributed by atoms with Crippen molar-refractivity contribution in [3.05, 3.63) is 53.3 Å². The molecule has 0 aliphatic carbocycles. The van der Waals surface area contributed by atoms with Gasteiger partial charge in [0.1, 0.15) is 17.2 Å². The summed E-state index contributed by atoms with van der Waals surface area (Å²) in [5.74, 6) is 0.00653. The first kappa shape index (κ1) is 30.5. The van der Waals surface area contributed by atoms with E-state index in [9.17, 15) is 24.3 Å². The summed E-state index contributed by atoms with van der Waals surface area (Å²) in [6.45, 7) is 3.41. The number of nitrogens with zero attached hydrogens (tertiary/aromatic N) is 3. The number of nitrogens with two attached hydrogens (primary N) is 1. The Kier molecular flexibility index (Phi) is 10.1. The lowest BCUT2D eigenvalue weighted by atomic mass is 10.1. The van der Waals surface area contributed by atoms with E-state index >= 15 is 0 Å². The van der Waals surface area contributed by atoms with E-state index in [0.717, 1.165) is 35.1 Å². The predicted octanol–water partition coefficient (Wildman–Crippen LogP) is 3.65. The number of phosphoric acid groups is 1. The highest BCUT2D eigenvalue weighted by atomic mass is 35.5. The number of hydrogen-bond donors (Lipinski definition) is 5. The zero-order chi connectivity index (χ0) is 29.6. The van der Waals surface area contributed by atoms with Crippen molar-refractivity contribution in [3.8, 4) is 11.5 Å². The topological polar surface area (TPSA) is 182 Å². The highest BCUT2D eigenvalue weighted by Crippen LogP contribution is 2.43. The van der Waals surface area contributed by atoms with E-state index in [2.05, 4.69) is 21.7 Å². The second-order valence-electron chi connectivity index (χ2n) is 9.46. The molecule has 2 aromatic heterocycles. The number of ether oxygens (including phenoxy) is 1. The fraction of sp³-hybridized carbons (Fsp3) is 0.370. The molecule has 14 heteroatoms. The molecule has 1 amide bonds. The number of phenols is 1. The molecule has 0 saturated carbocycles. The lowest BCUT2D eigenvalue weighted by Gasteiger charge is -2.15. The molecule has 12 nitrogen and oxygen atoms in total. The standard InChI is InChI=1S/C27H33ClN5O7P/c1-2-3-7-22-32-24-25(33(22)16-18-5-4-6-21(26(18)35)40-41(36,37)38)19-14-17(8-9-20(19)31-27(24)29)10-12-39-13-11-30-23(34)15-28/h4-6,8-9,14,35H,2-3,7,10-13,15-16H2,1H3,(H2,29,31)(H,30,34)(H2,36,37,38). The molecule has 4 rings (SSSR count). The Morgan fingerprint density at radius 1 is 1.17 bits per heavy atom. The zero-order valence-corrected chi connectivity index (χ0v) is 24.2. The van der Waals surface area contributed by atoms with Gasteiger partial charge in [-0.15, -0.1) is 11.6 Å². The number of aromatic hydroxyl groups is 1. The SMILES string of the molecule is CCCCc1nc2c(N)nc3ccc(CCOCCNC(=O)CCl)cc3c2n1Cc1cccc(OP(=O)(O)O)c1O. The molecule has 0 aliphatic rings. The van der Waals surface area contributed by atoms with Gasteiger partial charge in [0.15, 0.2) is 17.3 Å². The first-order valence-electron chi connectivity index (χ1n) is 13.1. The van der Waals surface area contributed by atoms with Crippen LogP contribution in [0, 0.1) is 0 Å². The third-order valence-corrected chi connectivity index (χ3v) is 7.13. The van der Waals surface area contributed by atoms with Crippen LogP contribution in [0.25, 0.3) is 21.9 Å². The quantitative estimate of drug-likeness (QED) is 0.0808. The summed E-state index contributed by atoms with van der Waals surface area (Å²) >= 11 is 5.47. The fourth-order valence-corrected chi connectivity index (χ4v) is 5.02. The first-order chi connectivity index (χ1) is 19.6. The minimum atomic E-state index is -4.87. The number of aromatic nitrogens is 3. The van der Waals surface area contributed by atoms with Gasteiger partial charge in [-0.3, -0.25) is 14.6 Å². The molecule has 0 atom stereocenters. The Balaban J connectivity index is 1.70. The van der Waals surface area contributed by atoms with E-state index < -0.39 is 7.82 Å². The van der Waals surface area contributed by atoms with Gasteiger partial charge in [0.05, 0.1) is 30.8 Å². The lowest BCUT2D eigenvalue weighted by Crippen LogP contribution is -2.28. The van der Waals surface area contributed by atoms with Gasteiger partial charge in [-0.25, -0.2) is 14.5 Å². The molecule has 0 bridgehead atoms. The number of unbranched alkanes of at least 4 members (excludes halogenated alkanes) is 1. The zero-order valence-electron chi connectivity index (χ0n) is 22.5. The molecular weight excluding hydrogens is 573 g/mol. The smallest absolute Gasteiger partial charge is 0.504 e. The van der Waals surface area contributed by atoms with E-state index in [4.69, 9.17) is 27.1 Å². The van der Waals surface area contributed by atoms with Gasteiger partial charge in [0.25, 0.3) is 0 Å². The van der Waals surface area contributed by atoms with Crippen LogP contribution in [0.1, 0.15) is 36.7 Å².